The molecule has 0 heterocycles. The molecule has 0 aliphatic carbocycles. The van der Waals surface area contributed by atoms with Crippen LogP contribution in [0, 0.1) is 5.92 Å². The zero-order valence-electron chi connectivity index (χ0n) is 9.69. The monoisotopic (exact) mass is 216 g/mol. The highest BCUT2D eigenvalue weighted by Gasteiger charge is 2.21. The number of urea groups is 1. The highest BCUT2D eigenvalue weighted by atomic mass is 16.4. The summed E-state index contributed by atoms with van der Waals surface area (Å²) in [6, 6.07) is -0.681. The van der Waals surface area contributed by atoms with E-state index < -0.39 is 6.04 Å². The van der Waals surface area contributed by atoms with Gasteiger partial charge in [0, 0.05) is 13.6 Å². The van der Waals surface area contributed by atoms with E-state index in [9.17, 15) is 4.79 Å². The number of carbonyl (C=O) groups excluding carboxylic acids is 1. The van der Waals surface area contributed by atoms with Crippen molar-refractivity contribution in [1.29, 1.82) is 0 Å². The Kier molecular flexibility index (Phi) is 5.51. The van der Waals surface area contributed by atoms with Crippen LogP contribution in [0.25, 0.3) is 0 Å². The minimum atomic E-state index is -0.448. The molecule has 0 saturated heterocycles. The third-order valence-corrected chi connectivity index (χ3v) is 2.20. The van der Waals surface area contributed by atoms with Gasteiger partial charge in [0.25, 0.3) is 0 Å². The summed E-state index contributed by atoms with van der Waals surface area (Å²) in [5, 5.41) is 14.2. The van der Waals surface area contributed by atoms with Crippen molar-refractivity contribution >= 4 is 11.9 Å². The number of rotatable bonds is 4. The van der Waals surface area contributed by atoms with Crippen molar-refractivity contribution in [3.05, 3.63) is 0 Å². The predicted molar refractivity (Wildman–Crippen MR) is 58.9 cm³/mol. The van der Waals surface area contributed by atoms with Crippen molar-refractivity contribution in [2.75, 3.05) is 13.6 Å². The lowest BCUT2D eigenvalue weighted by molar-refractivity contribution is 0.206. The number of amidine groups is 1. The molecule has 0 fully saturated rings. The van der Waals surface area contributed by atoms with Gasteiger partial charge in [0.2, 0.25) is 0 Å². The van der Waals surface area contributed by atoms with Crippen LogP contribution >= 0.6 is 0 Å². The van der Waals surface area contributed by atoms with Crippen LogP contribution in [-0.2, 0) is 0 Å². The van der Waals surface area contributed by atoms with Crippen LogP contribution in [0.15, 0.2) is 5.16 Å². The van der Waals surface area contributed by atoms with Crippen molar-refractivity contribution in [1.82, 2.24) is 10.2 Å². The quantitative estimate of drug-likeness (QED) is 0.275. The molecule has 4 N–H and O–H groups in total. The van der Waals surface area contributed by atoms with E-state index in [2.05, 4.69) is 10.5 Å². The van der Waals surface area contributed by atoms with Gasteiger partial charge in [-0.3, -0.25) is 0 Å². The van der Waals surface area contributed by atoms with Crippen molar-refractivity contribution in [3.8, 4) is 0 Å². The number of hydrogen-bond donors (Lipinski definition) is 3. The van der Waals surface area contributed by atoms with Gasteiger partial charge in [0.1, 0.15) is 0 Å². The molecule has 0 aromatic heterocycles. The summed E-state index contributed by atoms with van der Waals surface area (Å²) in [5.74, 6) is 0.0814. The van der Waals surface area contributed by atoms with Gasteiger partial charge in [0.05, 0.1) is 6.04 Å². The average molecular weight is 216 g/mol. The first kappa shape index (κ1) is 13.5. The van der Waals surface area contributed by atoms with Crippen LogP contribution in [0.4, 0.5) is 4.79 Å². The lowest BCUT2D eigenvalue weighted by Crippen LogP contribution is -2.51. The number of nitrogens with one attached hydrogen (secondary N) is 1. The Labute approximate surface area is 90.1 Å². The van der Waals surface area contributed by atoms with E-state index in [-0.39, 0.29) is 17.8 Å². The number of nitrogens with zero attached hydrogens (tertiary/aromatic N) is 2. The highest BCUT2D eigenvalue weighted by Crippen LogP contribution is 2.02. The Morgan fingerprint density at radius 1 is 1.60 bits per heavy atom. The SMILES string of the molecule is CCN(C)C(=O)NC(C(N)=NO)C(C)C. The van der Waals surface area contributed by atoms with Crippen LogP contribution in [0.3, 0.4) is 0 Å². The van der Waals surface area contributed by atoms with Crippen LogP contribution in [0.5, 0.6) is 0 Å². The van der Waals surface area contributed by atoms with Crippen molar-refractivity contribution in [2.24, 2.45) is 16.8 Å². The Morgan fingerprint density at radius 3 is 2.47 bits per heavy atom. The summed E-state index contributed by atoms with van der Waals surface area (Å²) in [6.45, 7) is 6.24. The van der Waals surface area contributed by atoms with Crippen LogP contribution in [-0.4, -0.2) is 41.6 Å². The summed E-state index contributed by atoms with van der Waals surface area (Å²) in [6.07, 6.45) is 0. The molecule has 2 amide bonds. The third kappa shape index (κ3) is 4.05. The molecular weight excluding hydrogens is 196 g/mol. The first-order chi connectivity index (χ1) is 6.93. The molecule has 0 rings (SSSR count). The molecule has 88 valence electrons. The molecule has 0 aromatic carbocycles. The minimum Gasteiger partial charge on any atom is -0.409 e. The Hall–Kier alpha value is -1.46. The summed E-state index contributed by atoms with van der Waals surface area (Å²) >= 11 is 0. The van der Waals surface area contributed by atoms with E-state index in [4.69, 9.17) is 10.9 Å². The van der Waals surface area contributed by atoms with E-state index in [0.29, 0.717) is 6.54 Å². The Morgan fingerprint density at radius 2 is 2.13 bits per heavy atom. The van der Waals surface area contributed by atoms with Crippen molar-refractivity contribution in [2.45, 2.75) is 26.8 Å². The van der Waals surface area contributed by atoms with Gasteiger partial charge < -0.3 is 21.2 Å². The van der Waals surface area contributed by atoms with E-state index in [1.807, 2.05) is 20.8 Å². The summed E-state index contributed by atoms with van der Waals surface area (Å²) in [7, 11) is 1.68. The molecule has 0 saturated carbocycles. The Bertz CT molecular complexity index is 240. The lowest BCUT2D eigenvalue weighted by atomic mass is 10.0. The molecule has 1 atom stereocenters. The average Bonchev–Trinajstić information content (AvgIpc) is 2.22. The predicted octanol–water partition coefficient (Wildman–Crippen LogP) is 0.419. The maximum atomic E-state index is 11.5. The normalized spacial score (nSPS) is 13.8. The van der Waals surface area contributed by atoms with Gasteiger partial charge in [-0.05, 0) is 12.8 Å². The van der Waals surface area contributed by atoms with Crippen LogP contribution < -0.4 is 11.1 Å². The van der Waals surface area contributed by atoms with Crippen molar-refractivity contribution < 1.29 is 10.0 Å². The zero-order chi connectivity index (χ0) is 12.0. The van der Waals surface area contributed by atoms with Gasteiger partial charge in [-0.2, -0.15) is 0 Å². The molecule has 0 aliphatic heterocycles. The van der Waals surface area contributed by atoms with Gasteiger partial charge in [-0.15, -0.1) is 0 Å². The van der Waals surface area contributed by atoms with Crippen LogP contribution in [0.1, 0.15) is 20.8 Å². The smallest absolute Gasteiger partial charge is 0.317 e. The number of nitrogens with two attached hydrogens (primary N) is 1. The number of amides is 2. The number of hydrogen-bond acceptors (Lipinski definition) is 3. The fourth-order valence-corrected chi connectivity index (χ4v) is 1.03. The molecule has 0 spiro atoms. The largest absolute Gasteiger partial charge is 0.409 e. The van der Waals surface area contributed by atoms with E-state index in [1.54, 1.807) is 7.05 Å². The van der Waals surface area contributed by atoms with Gasteiger partial charge in [-0.1, -0.05) is 19.0 Å². The maximum Gasteiger partial charge on any atom is 0.317 e. The van der Waals surface area contributed by atoms with Gasteiger partial charge in [0.15, 0.2) is 5.84 Å². The van der Waals surface area contributed by atoms with Gasteiger partial charge in [-0.25, -0.2) is 4.79 Å². The molecule has 6 nitrogen and oxygen atoms in total. The minimum absolute atomic E-state index is 0.0165. The molecule has 1 unspecified atom stereocenters. The highest BCUT2D eigenvalue weighted by molar-refractivity contribution is 5.89. The zero-order valence-corrected chi connectivity index (χ0v) is 9.69. The second-order valence-corrected chi connectivity index (χ2v) is 3.71. The Balaban J connectivity index is 4.50. The third-order valence-electron chi connectivity index (χ3n) is 2.20. The fourth-order valence-electron chi connectivity index (χ4n) is 1.03. The molecule has 0 aliphatic rings. The fraction of sp³-hybridized carbons (Fsp3) is 0.778. The second kappa shape index (κ2) is 6.10. The van der Waals surface area contributed by atoms with Crippen molar-refractivity contribution in [3.63, 3.8) is 0 Å². The summed E-state index contributed by atoms with van der Waals surface area (Å²) < 4.78 is 0. The first-order valence-electron chi connectivity index (χ1n) is 4.93. The summed E-state index contributed by atoms with van der Waals surface area (Å²) in [4.78, 5) is 13.0. The maximum absolute atomic E-state index is 11.5. The number of oxime groups is 1. The first-order valence-corrected chi connectivity index (χ1v) is 4.93. The summed E-state index contributed by atoms with van der Waals surface area (Å²) in [5.41, 5.74) is 5.47. The molecule has 15 heavy (non-hydrogen) atoms. The molecule has 0 aromatic rings. The molecule has 6 heteroatoms. The molecule has 0 bridgehead atoms. The topological polar surface area (TPSA) is 91.0 Å². The second-order valence-electron chi connectivity index (χ2n) is 3.71. The van der Waals surface area contributed by atoms with Gasteiger partial charge >= 0.3 is 6.03 Å². The number of carbonyl (C=O) groups is 1. The molecular formula is C9H20N4O2. The van der Waals surface area contributed by atoms with E-state index >= 15 is 0 Å². The lowest BCUT2D eigenvalue weighted by Gasteiger charge is -2.24. The van der Waals surface area contributed by atoms with E-state index in [1.165, 1.54) is 4.90 Å². The van der Waals surface area contributed by atoms with Crippen LogP contribution in [0.2, 0.25) is 0 Å². The molecule has 0 radical (unpaired) electrons. The standard InChI is InChI=1S/C9H20N4O2/c1-5-13(4)9(14)11-7(6(2)3)8(10)12-15/h6-7,15H,5H2,1-4H3,(H2,10,12)(H,11,14). The van der Waals surface area contributed by atoms with E-state index in [0.717, 1.165) is 0 Å².